The average Bonchev–Trinajstić information content (AvgIpc) is 2.96. The first-order valence-electron chi connectivity index (χ1n) is 8.54. The Labute approximate surface area is 167 Å². The summed E-state index contributed by atoms with van der Waals surface area (Å²) in [4.78, 5) is 50.7. The van der Waals surface area contributed by atoms with Crippen LogP contribution in [0.25, 0.3) is 0 Å². The van der Waals surface area contributed by atoms with E-state index in [1.165, 1.54) is 0 Å². The summed E-state index contributed by atoms with van der Waals surface area (Å²) in [6.45, 7) is 5.39. The molecule has 29 heavy (non-hydrogen) atoms. The van der Waals surface area contributed by atoms with E-state index in [1.807, 2.05) is 0 Å². The first kappa shape index (κ1) is 23.2. The second-order valence-corrected chi connectivity index (χ2v) is 5.71. The van der Waals surface area contributed by atoms with Crippen molar-refractivity contribution in [3.05, 3.63) is 36.0 Å². The predicted molar refractivity (Wildman–Crippen MR) is 102 cm³/mol. The number of imide groups is 1. The van der Waals surface area contributed by atoms with Gasteiger partial charge in [0.2, 0.25) is 0 Å². The van der Waals surface area contributed by atoms with Crippen LogP contribution < -0.4 is 21.7 Å². The van der Waals surface area contributed by atoms with Gasteiger partial charge in [-0.3, -0.25) is 15.0 Å². The number of nitrogens with zero attached hydrogens (tertiary/aromatic N) is 1. The fourth-order valence-electron chi connectivity index (χ4n) is 2.04. The maximum atomic E-state index is 11.7. The SMILES string of the molecule is C=C(/C=C(\C=C/C)COC(=O)NCNC(=N)N)CNC(=O)ON1C(=O)CCC1=O. The number of rotatable bonds is 9. The van der Waals surface area contributed by atoms with Gasteiger partial charge in [0.25, 0.3) is 11.8 Å². The molecule has 0 bridgehead atoms. The van der Waals surface area contributed by atoms with E-state index < -0.39 is 24.0 Å². The standard InChI is InChI=1S/C17H24N6O6/c1-3-4-12(9-28-16(26)22-10-21-15(18)19)7-11(2)8-20-17(27)29-23-13(24)5-6-14(23)25/h3-4,7H,2,5-6,8-10H2,1H3,(H,20,27)(H,22,26)(H4,18,19,21)/b4-3-,12-7+. The van der Waals surface area contributed by atoms with Gasteiger partial charge in [-0.25, -0.2) is 9.59 Å². The minimum atomic E-state index is -0.968. The van der Waals surface area contributed by atoms with Gasteiger partial charge >= 0.3 is 12.2 Å². The molecule has 0 radical (unpaired) electrons. The Kier molecular flexibility index (Phi) is 9.44. The van der Waals surface area contributed by atoms with E-state index in [2.05, 4.69) is 27.4 Å². The lowest BCUT2D eigenvalue weighted by Crippen LogP contribution is -2.40. The van der Waals surface area contributed by atoms with Crippen LogP contribution in [0.4, 0.5) is 9.59 Å². The molecule has 0 unspecified atom stereocenters. The molecule has 0 aromatic carbocycles. The maximum absolute atomic E-state index is 11.7. The van der Waals surface area contributed by atoms with Crippen molar-refractivity contribution in [1.82, 2.24) is 21.0 Å². The first-order chi connectivity index (χ1) is 13.7. The zero-order chi connectivity index (χ0) is 21.8. The highest BCUT2D eigenvalue weighted by atomic mass is 16.7. The quantitative estimate of drug-likeness (QED) is 0.116. The molecule has 0 aliphatic carbocycles. The smallest absolute Gasteiger partial charge is 0.432 e. The highest BCUT2D eigenvalue weighted by Crippen LogP contribution is 2.12. The van der Waals surface area contributed by atoms with Gasteiger partial charge < -0.3 is 31.3 Å². The lowest BCUT2D eigenvalue weighted by Gasteiger charge is -2.13. The lowest BCUT2D eigenvalue weighted by atomic mass is 10.1. The minimum absolute atomic E-state index is 0.00661. The van der Waals surface area contributed by atoms with E-state index in [0.717, 1.165) is 0 Å². The van der Waals surface area contributed by atoms with Crippen LogP contribution in [0.5, 0.6) is 0 Å². The van der Waals surface area contributed by atoms with E-state index >= 15 is 0 Å². The lowest BCUT2D eigenvalue weighted by molar-refractivity contribution is -0.171. The summed E-state index contributed by atoms with van der Waals surface area (Å²) >= 11 is 0. The normalized spacial score (nSPS) is 14.0. The molecular formula is C17H24N6O6. The summed E-state index contributed by atoms with van der Waals surface area (Å²) in [6, 6.07) is 0. The summed E-state index contributed by atoms with van der Waals surface area (Å²) in [5.41, 5.74) is 6.13. The molecule has 1 fully saturated rings. The van der Waals surface area contributed by atoms with Crippen LogP contribution >= 0.6 is 0 Å². The molecule has 6 N–H and O–H groups in total. The second-order valence-electron chi connectivity index (χ2n) is 5.71. The Hall–Kier alpha value is -3.83. The Morgan fingerprint density at radius 3 is 2.45 bits per heavy atom. The van der Waals surface area contributed by atoms with E-state index in [4.69, 9.17) is 15.9 Å². The fraction of sp³-hybridized carbons (Fsp3) is 0.353. The Morgan fingerprint density at radius 2 is 1.86 bits per heavy atom. The molecule has 1 heterocycles. The van der Waals surface area contributed by atoms with Gasteiger partial charge in [-0.2, -0.15) is 0 Å². The molecule has 0 atom stereocenters. The molecule has 12 heteroatoms. The molecule has 0 spiro atoms. The fourth-order valence-corrected chi connectivity index (χ4v) is 2.04. The van der Waals surface area contributed by atoms with Gasteiger partial charge in [-0.15, -0.1) is 5.06 Å². The van der Waals surface area contributed by atoms with Crippen LogP contribution in [0.1, 0.15) is 19.8 Å². The van der Waals surface area contributed by atoms with Crippen LogP contribution in [0.2, 0.25) is 0 Å². The van der Waals surface area contributed by atoms with Crippen molar-refractivity contribution in [2.45, 2.75) is 19.8 Å². The van der Waals surface area contributed by atoms with Crippen molar-refractivity contribution in [3.8, 4) is 0 Å². The second kappa shape index (κ2) is 11.8. The van der Waals surface area contributed by atoms with E-state index in [0.29, 0.717) is 16.2 Å². The number of hydrogen-bond acceptors (Lipinski definition) is 7. The number of guanidine groups is 1. The number of carbonyl (C=O) groups is 4. The Morgan fingerprint density at radius 1 is 1.21 bits per heavy atom. The highest BCUT2D eigenvalue weighted by Gasteiger charge is 2.32. The molecule has 12 nitrogen and oxygen atoms in total. The third kappa shape index (κ3) is 9.08. The molecule has 1 saturated heterocycles. The molecule has 158 valence electrons. The van der Waals surface area contributed by atoms with Crippen molar-refractivity contribution < 1.29 is 28.8 Å². The molecular weight excluding hydrogens is 384 g/mol. The molecule has 0 saturated carbocycles. The van der Waals surface area contributed by atoms with E-state index in [1.54, 1.807) is 25.2 Å². The molecule has 1 aliphatic heterocycles. The number of nitrogens with two attached hydrogens (primary N) is 1. The number of allylic oxidation sites excluding steroid dienone is 1. The summed E-state index contributed by atoms with van der Waals surface area (Å²) in [7, 11) is 0. The summed E-state index contributed by atoms with van der Waals surface area (Å²) in [5, 5.41) is 14.5. The van der Waals surface area contributed by atoms with Crippen molar-refractivity contribution in [1.29, 1.82) is 5.41 Å². The maximum Gasteiger partial charge on any atom is 0.432 e. The Bertz CT molecular complexity index is 729. The van der Waals surface area contributed by atoms with Crippen LogP contribution in [0, 0.1) is 5.41 Å². The highest BCUT2D eigenvalue weighted by molar-refractivity contribution is 6.01. The van der Waals surface area contributed by atoms with Gasteiger partial charge in [0.15, 0.2) is 5.96 Å². The van der Waals surface area contributed by atoms with E-state index in [-0.39, 0.29) is 38.6 Å². The number of ether oxygens (including phenoxy) is 1. The van der Waals surface area contributed by atoms with Gasteiger partial charge in [0.05, 0.1) is 6.67 Å². The van der Waals surface area contributed by atoms with Gasteiger partial charge in [0, 0.05) is 19.4 Å². The van der Waals surface area contributed by atoms with Gasteiger partial charge in [-0.05, 0) is 18.1 Å². The summed E-state index contributed by atoms with van der Waals surface area (Å²) in [5.74, 6) is -1.44. The van der Waals surface area contributed by atoms with Crippen molar-refractivity contribution >= 4 is 30.0 Å². The molecule has 1 aliphatic rings. The zero-order valence-electron chi connectivity index (χ0n) is 15.9. The zero-order valence-corrected chi connectivity index (χ0v) is 15.9. The Balaban J connectivity index is 2.45. The molecule has 0 aromatic rings. The average molecular weight is 408 g/mol. The number of nitrogens with one attached hydrogen (secondary N) is 4. The van der Waals surface area contributed by atoms with Crippen LogP contribution in [-0.4, -0.2) is 54.8 Å². The van der Waals surface area contributed by atoms with Crippen LogP contribution in [0.15, 0.2) is 36.0 Å². The number of hydroxylamine groups is 2. The molecule has 1 rings (SSSR count). The van der Waals surface area contributed by atoms with Crippen molar-refractivity contribution in [2.75, 3.05) is 19.8 Å². The van der Waals surface area contributed by atoms with Crippen LogP contribution in [0.3, 0.4) is 0 Å². The number of amides is 4. The minimum Gasteiger partial charge on any atom is -0.445 e. The number of hydrogen-bond donors (Lipinski definition) is 5. The predicted octanol–water partition coefficient (Wildman–Crippen LogP) is 0.00207. The molecule has 0 aromatic heterocycles. The van der Waals surface area contributed by atoms with Crippen molar-refractivity contribution in [2.24, 2.45) is 5.73 Å². The topological polar surface area (TPSA) is 176 Å². The number of carbonyl (C=O) groups excluding carboxylic acids is 4. The van der Waals surface area contributed by atoms with Gasteiger partial charge in [-0.1, -0.05) is 24.8 Å². The van der Waals surface area contributed by atoms with Crippen LogP contribution in [-0.2, 0) is 19.2 Å². The van der Waals surface area contributed by atoms with Crippen molar-refractivity contribution in [3.63, 3.8) is 0 Å². The molecule has 4 amide bonds. The third-order valence-corrected chi connectivity index (χ3v) is 3.29. The largest absolute Gasteiger partial charge is 0.445 e. The summed E-state index contributed by atoms with van der Waals surface area (Å²) in [6.07, 6.45) is 3.33. The third-order valence-electron chi connectivity index (χ3n) is 3.29. The monoisotopic (exact) mass is 408 g/mol. The van der Waals surface area contributed by atoms with E-state index in [9.17, 15) is 19.2 Å². The van der Waals surface area contributed by atoms with Gasteiger partial charge in [0.1, 0.15) is 6.61 Å². The number of alkyl carbamates (subject to hydrolysis) is 1. The summed E-state index contributed by atoms with van der Waals surface area (Å²) < 4.78 is 5.02. The first-order valence-corrected chi connectivity index (χ1v) is 8.54.